The van der Waals surface area contributed by atoms with Crippen LogP contribution in [0.4, 0.5) is 0 Å². The molecule has 0 bridgehead atoms. The highest BCUT2D eigenvalue weighted by Gasteiger charge is 2.14. The molecule has 3 aromatic rings. The first-order valence-electron chi connectivity index (χ1n) is 7.06. The van der Waals surface area contributed by atoms with E-state index in [-0.39, 0.29) is 6.04 Å². The number of rotatable bonds is 6. The zero-order valence-electron chi connectivity index (χ0n) is 11.9. The monoisotopic (exact) mass is 282 g/mol. The number of aromatic nitrogens is 5. The first kappa shape index (κ1) is 13.5. The van der Waals surface area contributed by atoms with Crippen LogP contribution < -0.4 is 5.32 Å². The van der Waals surface area contributed by atoms with Crippen molar-refractivity contribution in [1.82, 2.24) is 30.7 Å². The van der Waals surface area contributed by atoms with Crippen LogP contribution in [0.5, 0.6) is 0 Å². The SMILES string of the molecule is CCC(NCc1n[nH]nc1-c1ccccc1)c1ncc[nH]1. The summed E-state index contributed by atoms with van der Waals surface area (Å²) in [6.07, 6.45) is 4.56. The molecule has 3 rings (SSSR count). The molecule has 108 valence electrons. The molecule has 6 heteroatoms. The van der Waals surface area contributed by atoms with Gasteiger partial charge in [-0.05, 0) is 6.42 Å². The second kappa shape index (κ2) is 6.32. The number of nitrogens with one attached hydrogen (secondary N) is 3. The van der Waals surface area contributed by atoms with Gasteiger partial charge < -0.3 is 10.3 Å². The summed E-state index contributed by atoms with van der Waals surface area (Å²) >= 11 is 0. The van der Waals surface area contributed by atoms with Gasteiger partial charge in [-0.1, -0.05) is 37.3 Å². The van der Waals surface area contributed by atoms with E-state index in [1.54, 1.807) is 6.20 Å². The summed E-state index contributed by atoms with van der Waals surface area (Å²) in [6.45, 7) is 2.76. The number of hydrogen-bond acceptors (Lipinski definition) is 4. The normalized spacial score (nSPS) is 12.4. The fourth-order valence-electron chi connectivity index (χ4n) is 2.33. The second-order valence-electron chi connectivity index (χ2n) is 4.80. The standard InChI is InChI=1S/C15H18N6/c1-2-12(15-16-8-9-17-15)18-10-13-14(20-21-19-13)11-6-4-3-5-7-11/h3-9,12,18H,2,10H2,1H3,(H,16,17)(H,19,20,21). The quantitative estimate of drug-likeness (QED) is 0.648. The molecule has 1 aromatic carbocycles. The molecule has 0 radical (unpaired) electrons. The Kier molecular flexibility index (Phi) is 4.07. The largest absolute Gasteiger partial charge is 0.347 e. The van der Waals surface area contributed by atoms with E-state index < -0.39 is 0 Å². The van der Waals surface area contributed by atoms with Gasteiger partial charge in [0.2, 0.25) is 0 Å². The van der Waals surface area contributed by atoms with Crippen molar-refractivity contribution in [3.05, 3.63) is 54.2 Å². The van der Waals surface area contributed by atoms with Crippen molar-refractivity contribution in [3.63, 3.8) is 0 Å². The Morgan fingerprint density at radius 3 is 2.76 bits per heavy atom. The van der Waals surface area contributed by atoms with Crippen LogP contribution in [0.15, 0.2) is 42.7 Å². The Bertz CT molecular complexity index is 659. The van der Waals surface area contributed by atoms with Crippen molar-refractivity contribution in [1.29, 1.82) is 0 Å². The molecule has 0 aliphatic carbocycles. The van der Waals surface area contributed by atoms with E-state index in [1.807, 2.05) is 36.5 Å². The highest BCUT2D eigenvalue weighted by atomic mass is 15.3. The second-order valence-corrected chi connectivity index (χ2v) is 4.80. The summed E-state index contributed by atoms with van der Waals surface area (Å²) in [5, 5.41) is 14.7. The molecular formula is C15H18N6. The lowest BCUT2D eigenvalue weighted by Gasteiger charge is -2.13. The van der Waals surface area contributed by atoms with Gasteiger partial charge in [0.15, 0.2) is 0 Å². The van der Waals surface area contributed by atoms with E-state index in [0.717, 1.165) is 29.2 Å². The Morgan fingerprint density at radius 2 is 2.05 bits per heavy atom. The summed E-state index contributed by atoms with van der Waals surface area (Å²) in [6, 6.07) is 10.2. The minimum Gasteiger partial charge on any atom is -0.347 e. The molecule has 2 heterocycles. The maximum absolute atomic E-state index is 4.31. The first-order chi connectivity index (χ1) is 10.4. The van der Waals surface area contributed by atoms with E-state index in [4.69, 9.17) is 0 Å². The van der Waals surface area contributed by atoms with Crippen LogP contribution in [0.3, 0.4) is 0 Å². The average Bonchev–Trinajstić information content (AvgIpc) is 3.20. The van der Waals surface area contributed by atoms with Crippen LogP contribution >= 0.6 is 0 Å². The van der Waals surface area contributed by atoms with E-state index in [1.165, 1.54) is 0 Å². The lowest BCUT2D eigenvalue weighted by atomic mass is 10.1. The van der Waals surface area contributed by atoms with E-state index in [9.17, 15) is 0 Å². The number of aromatic amines is 2. The van der Waals surface area contributed by atoms with Gasteiger partial charge in [0.1, 0.15) is 17.2 Å². The summed E-state index contributed by atoms with van der Waals surface area (Å²) < 4.78 is 0. The summed E-state index contributed by atoms with van der Waals surface area (Å²) in [7, 11) is 0. The van der Waals surface area contributed by atoms with Gasteiger partial charge in [-0.3, -0.25) is 0 Å². The lowest BCUT2D eigenvalue weighted by Crippen LogP contribution is -2.22. The molecule has 0 aliphatic rings. The minimum absolute atomic E-state index is 0.181. The fourth-order valence-corrected chi connectivity index (χ4v) is 2.33. The molecule has 0 amide bonds. The Balaban J connectivity index is 1.73. The predicted octanol–water partition coefficient (Wildman–Crippen LogP) is 2.44. The number of benzene rings is 1. The van der Waals surface area contributed by atoms with Crippen molar-refractivity contribution < 1.29 is 0 Å². The molecule has 0 saturated carbocycles. The Labute approximate surface area is 123 Å². The molecule has 21 heavy (non-hydrogen) atoms. The molecule has 2 aromatic heterocycles. The first-order valence-corrected chi connectivity index (χ1v) is 7.06. The van der Waals surface area contributed by atoms with E-state index in [0.29, 0.717) is 6.54 Å². The van der Waals surface area contributed by atoms with E-state index in [2.05, 4.69) is 37.6 Å². The van der Waals surface area contributed by atoms with Crippen molar-refractivity contribution >= 4 is 0 Å². The number of hydrogen-bond donors (Lipinski definition) is 3. The maximum atomic E-state index is 4.31. The predicted molar refractivity (Wildman–Crippen MR) is 80.3 cm³/mol. The van der Waals surface area contributed by atoms with Gasteiger partial charge in [-0.15, -0.1) is 0 Å². The molecule has 0 spiro atoms. The third-order valence-electron chi connectivity index (χ3n) is 3.44. The van der Waals surface area contributed by atoms with Gasteiger partial charge in [0.25, 0.3) is 0 Å². The van der Waals surface area contributed by atoms with Gasteiger partial charge in [0.05, 0.1) is 6.04 Å². The van der Waals surface area contributed by atoms with Crippen LogP contribution in [0.2, 0.25) is 0 Å². The van der Waals surface area contributed by atoms with Gasteiger partial charge in [-0.25, -0.2) is 4.98 Å². The summed E-state index contributed by atoms with van der Waals surface area (Å²) in [5.41, 5.74) is 2.86. The lowest BCUT2D eigenvalue weighted by molar-refractivity contribution is 0.494. The highest BCUT2D eigenvalue weighted by Crippen LogP contribution is 2.20. The third kappa shape index (κ3) is 3.00. The number of imidazole rings is 1. The van der Waals surface area contributed by atoms with Crippen LogP contribution in [-0.2, 0) is 6.54 Å². The molecule has 1 atom stereocenters. The highest BCUT2D eigenvalue weighted by molar-refractivity contribution is 5.60. The van der Waals surface area contributed by atoms with Gasteiger partial charge in [0, 0.05) is 24.5 Å². The van der Waals surface area contributed by atoms with Crippen molar-refractivity contribution in [3.8, 4) is 11.3 Å². The van der Waals surface area contributed by atoms with Crippen LogP contribution in [0.25, 0.3) is 11.3 Å². The average molecular weight is 282 g/mol. The van der Waals surface area contributed by atoms with Crippen LogP contribution in [-0.4, -0.2) is 25.4 Å². The van der Waals surface area contributed by atoms with E-state index >= 15 is 0 Å². The summed E-state index contributed by atoms with van der Waals surface area (Å²) in [5.74, 6) is 0.947. The fraction of sp³-hybridized carbons (Fsp3) is 0.267. The molecule has 0 saturated heterocycles. The maximum Gasteiger partial charge on any atom is 0.123 e. The third-order valence-corrected chi connectivity index (χ3v) is 3.44. The van der Waals surface area contributed by atoms with Crippen LogP contribution in [0, 0.1) is 0 Å². The number of H-pyrrole nitrogens is 2. The molecule has 1 unspecified atom stereocenters. The van der Waals surface area contributed by atoms with Crippen LogP contribution in [0.1, 0.15) is 30.9 Å². The van der Waals surface area contributed by atoms with Gasteiger partial charge in [-0.2, -0.15) is 15.4 Å². The zero-order chi connectivity index (χ0) is 14.5. The van der Waals surface area contributed by atoms with Crippen molar-refractivity contribution in [2.75, 3.05) is 0 Å². The molecule has 3 N–H and O–H groups in total. The van der Waals surface area contributed by atoms with Gasteiger partial charge >= 0.3 is 0 Å². The molecule has 6 nitrogen and oxygen atoms in total. The Morgan fingerprint density at radius 1 is 1.19 bits per heavy atom. The topological polar surface area (TPSA) is 82.3 Å². The van der Waals surface area contributed by atoms with Crippen molar-refractivity contribution in [2.45, 2.75) is 25.9 Å². The number of nitrogens with zero attached hydrogens (tertiary/aromatic N) is 3. The molecular weight excluding hydrogens is 264 g/mol. The zero-order valence-corrected chi connectivity index (χ0v) is 11.9. The minimum atomic E-state index is 0.181. The molecule has 0 fully saturated rings. The smallest absolute Gasteiger partial charge is 0.123 e. The molecule has 0 aliphatic heterocycles. The Hall–Kier alpha value is -2.47. The summed E-state index contributed by atoms with van der Waals surface area (Å²) in [4.78, 5) is 7.45. The van der Waals surface area contributed by atoms with Crippen molar-refractivity contribution in [2.24, 2.45) is 0 Å².